The Morgan fingerprint density at radius 1 is 1.36 bits per heavy atom. The van der Waals surface area contributed by atoms with Crippen LogP contribution in [0.15, 0.2) is 16.6 Å². The van der Waals surface area contributed by atoms with Crippen LogP contribution < -0.4 is 11.1 Å². The number of nitrogens with one attached hydrogen (secondary N) is 2. The van der Waals surface area contributed by atoms with Crippen molar-refractivity contribution in [2.45, 2.75) is 44.1 Å². The molecule has 1 fully saturated rings. The largest absolute Gasteiger partial charge is 0.327 e. The monoisotopic (exact) mass is 402 g/mol. The highest BCUT2D eigenvalue weighted by molar-refractivity contribution is 9.10. The van der Waals surface area contributed by atoms with E-state index >= 15 is 0 Å². The van der Waals surface area contributed by atoms with E-state index in [9.17, 15) is 9.59 Å². The predicted molar refractivity (Wildman–Crippen MR) is 98.0 cm³/mol. The van der Waals surface area contributed by atoms with Crippen LogP contribution in [0.1, 0.15) is 62.8 Å². The summed E-state index contributed by atoms with van der Waals surface area (Å²) in [6.45, 7) is 0. The van der Waals surface area contributed by atoms with Gasteiger partial charge in [-0.1, -0.05) is 6.07 Å². The van der Waals surface area contributed by atoms with Crippen LogP contribution in [0, 0.1) is 0 Å². The predicted octanol–water partition coefficient (Wildman–Crippen LogP) is 2.93. The summed E-state index contributed by atoms with van der Waals surface area (Å²) in [6, 6.07) is 3.86. The fourth-order valence-corrected chi connectivity index (χ4v) is 4.15. The molecule has 25 heavy (non-hydrogen) atoms. The minimum atomic E-state index is -0.328. The number of amides is 1. The Kier molecular flexibility index (Phi) is 4.21. The smallest absolute Gasteiger partial charge is 0.277 e. The molecular formula is C18H19BrN4O2. The number of nitrogens with zero attached hydrogens (tertiary/aromatic N) is 1. The lowest BCUT2D eigenvalue weighted by Gasteiger charge is -2.24. The third-order valence-electron chi connectivity index (χ3n) is 5.00. The summed E-state index contributed by atoms with van der Waals surface area (Å²) in [4.78, 5) is 24.3. The van der Waals surface area contributed by atoms with Crippen molar-refractivity contribution in [2.75, 3.05) is 5.32 Å². The summed E-state index contributed by atoms with van der Waals surface area (Å²) in [6.07, 6.45) is 5.42. The lowest BCUT2D eigenvalue weighted by molar-refractivity contribution is 0.102. The Morgan fingerprint density at radius 2 is 2.16 bits per heavy atom. The van der Waals surface area contributed by atoms with Gasteiger partial charge in [-0.15, -0.1) is 0 Å². The standard InChI is InChI=1S/C18H19BrN4O2/c19-15-16(9-1-2-9)22-23-17(15)18(25)21-14-6-3-10-7-11(20)4-5-12(10)13(14)8-24/h3,6,8-9,11H,1-2,4-5,7,20H2,(H,21,25)(H,22,23). The molecule has 130 valence electrons. The van der Waals surface area contributed by atoms with Gasteiger partial charge < -0.3 is 11.1 Å². The van der Waals surface area contributed by atoms with Crippen molar-refractivity contribution in [3.8, 4) is 0 Å². The Morgan fingerprint density at radius 3 is 2.88 bits per heavy atom. The van der Waals surface area contributed by atoms with E-state index in [-0.39, 0.29) is 11.9 Å². The van der Waals surface area contributed by atoms with Gasteiger partial charge in [0.15, 0.2) is 12.0 Å². The van der Waals surface area contributed by atoms with E-state index in [0.29, 0.717) is 27.3 Å². The molecule has 1 saturated carbocycles. The molecule has 4 rings (SSSR count). The van der Waals surface area contributed by atoms with Crippen molar-refractivity contribution in [3.63, 3.8) is 0 Å². The van der Waals surface area contributed by atoms with Crippen LogP contribution in [0.25, 0.3) is 0 Å². The molecule has 1 unspecified atom stereocenters. The molecule has 0 aliphatic heterocycles. The normalized spacial score (nSPS) is 19.4. The molecule has 2 aromatic rings. The molecule has 0 bridgehead atoms. The molecule has 4 N–H and O–H groups in total. The number of rotatable bonds is 4. The number of anilines is 1. The fourth-order valence-electron chi connectivity index (χ4n) is 3.47. The molecule has 2 aliphatic carbocycles. The van der Waals surface area contributed by atoms with Gasteiger partial charge in [-0.3, -0.25) is 14.7 Å². The molecule has 7 heteroatoms. The van der Waals surface area contributed by atoms with Gasteiger partial charge in [0.1, 0.15) is 0 Å². The molecule has 0 spiro atoms. The van der Waals surface area contributed by atoms with E-state index in [1.807, 2.05) is 6.07 Å². The number of aromatic amines is 1. The Labute approximate surface area is 153 Å². The summed E-state index contributed by atoms with van der Waals surface area (Å²) in [5.74, 6) is 0.132. The topological polar surface area (TPSA) is 101 Å². The van der Waals surface area contributed by atoms with E-state index < -0.39 is 0 Å². The lowest BCUT2D eigenvalue weighted by atomic mass is 9.85. The quantitative estimate of drug-likeness (QED) is 0.684. The van der Waals surface area contributed by atoms with Crippen LogP contribution >= 0.6 is 15.9 Å². The van der Waals surface area contributed by atoms with Gasteiger partial charge in [0.25, 0.3) is 5.91 Å². The van der Waals surface area contributed by atoms with Gasteiger partial charge in [-0.2, -0.15) is 5.10 Å². The third kappa shape index (κ3) is 3.02. The minimum Gasteiger partial charge on any atom is -0.327 e. The van der Waals surface area contributed by atoms with E-state index in [0.717, 1.165) is 55.2 Å². The van der Waals surface area contributed by atoms with Crippen molar-refractivity contribution < 1.29 is 9.59 Å². The van der Waals surface area contributed by atoms with Crippen LogP contribution in [0.5, 0.6) is 0 Å². The zero-order valence-corrected chi connectivity index (χ0v) is 15.2. The SMILES string of the molecule is NC1CCc2c(ccc(NC(=O)c3n[nH]c(C4CC4)c3Br)c2C=O)C1. The second kappa shape index (κ2) is 6.38. The van der Waals surface area contributed by atoms with Crippen molar-refractivity contribution >= 4 is 33.8 Å². The van der Waals surface area contributed by atoms with Crippen LogP contribution in [-0.2, 0) is 12.8 Å². The first-order valence-corrected chi connectivity index (χ1v) is 9.28. The number of H-pyrrole nitrogens is 1. The summed E-state index contributed by atoms with van der Waals surface area (Å²) in [5.41, 5.74) is 10.5. The number of aldehydes is 1. The molecular weight excluding hydrogens is 384 g/mol. The van der Waals surface area contributed by atoms with Gasteiger partial charge in [0, 0.05) is 17.5 Å². The van der Waals surface area contributed by atoms with Crippen molar-refractivity contribution in [1.82, 2.24) is 10.2 Å². The number of fused-ring (bicyclic) bond motifs is 1. The highest BCUT2D eigenvalue weighted by Crippen LogP contribution is 2.43. The summed E-state index contributed by atoms with van der Waals surface area (Å²) in [7, 11) is 0. The van der Waals surface area contributed by atoms with Gasteiger partial charge in [-0.25, -0.2) is 0 Å². The van der Waals surface area contributed by atoms with Gasteiger partial charge in [0.05, 0.1) is 15.9 Å². The molecule has 1 aromatic heterocycles. The van der Waals surface area contributed by atoms with Crippen molar-refractivity contribution in [2.24, 2.45) is 5.73 Å². The number of halogens is 1. The average molecular weight is 403 g/mol. The zero-order chi connectivity index (χ0) is 17.6. The highest BCUT2D eigenvalue weighted by Gasteiger charge is 2.30. The number of hydrogen-bond acceptors (Lipinski definition) is 4. The van der Waals surface area contributed by atoms with E-state index in [1.165, 1.54) is 0 Å². The molecule has 1 aromatic carbocycles. The second-order valence-corrected chi connectivity index (χ2v) is 7.61. The van der Waals surface area contributed by atoms with Gasteiger partial charge in [-0.05, 0) is 65.2 Å². The molecule has 1 heterocycles. The molecule has 6 nitrogen and oxygen atoms in total. The highest BCUT2D eigenvalue weighted by atomic mass is 79.9. The van der Waals surface area contributed by atoms with Crippen molar-refractivity contribution in [1.29, 1.82) is 0 Å². The Balaban J connectivity index is 1.62. The molecule has 1 amide bonds. The van der Waals surface area contributed by atoms with Crippen LogP contribution in [0.4, 0.5) is 5.69 Å². The van der Waals surface area contributed by atoms with Gasteiger partial charge in [0.2, 0.25) is 0 Å². The number of benzene rings is 1. The third-order valence-corrected chi connectivity index (χ3v) is 5.80. The number of hydrogen-bond donors (Lipinski definition) is 3. The molecule has 0 radical (unpaired) electrons. The minimum absolute atomic E-state index is 0.133. The van der Waals surface area contributed by atoms with Crippen LogP contribution in [0.3, 0.4) is 0 Å². The maximum Gasteiger partial charge on any atom is 0.277 e. The first kappa shape index (κ1) is 16.5. The van der Waals surface area contributed by atoms with Gasteiger partial charge >= 0.3 is 0 Å². The Hall–Kier alpha value is -1.99. The van der Waals surface area contributed by atoms with E-state index in [1.54, 1.807) is 6.07 Å². The summed E-state index contributed by atoms with van der Waals surface area (Å²) in [5, 5.41) is 9.92. The number of nitrogens with two attached hydrogens (primary N) is 1. The van der Waals surface area contributed by atoms with E-state index in [4.69, 9.17) is 5.73 Å². The molecule has 2 aliphatic rings. The fraction of sp³-hybridized carbons (Fsp3) is 0.389. The maximum atomic E-state index is 12.6. The number of carbonyl (C=O) groups is 2. The molecule has 0 saturated heterocycles. The second-order valence-electron chi connectivity index (χ2n) is 6.81. The summed E-state index contributed by atoms with van der Waals surface area (Å²) < 4.78 is 0.712. The van der Waals surface area contributed by atoms with Crippen LogP contribution in [0.2, 0.25) is 0 Å². The van der Waals surface area contributed by atoms with E-state index in [2.05, 4.69) is 31.4 Å². The molecule has 1 atom stereocenters. The van der Waals surface area contributed by atoms with Crippen molar-refractivity contribution in [3.05, 3.63) is 44.7 Å². The number of carbonyl (C=O) groups excluding carboxylic acids is 2. The maximum absolute atomic E-state index is 12.6. The first-order valence-electron chi connectivity index (χ1n) is 8.49. The Bertz CT molecular complexity index is 857. The number of aromatic nitrogens is 2. The summed E-state index contributed by atoms with van der Waals surface area (Å²) >= 11 is 3.47. The average Bonchev–Trinajstić information content (AvgIpc) is 3.36. The first-order chi connectivity index (χ1) is 12.1. The van der Waals surface area contributed by atoms with Crippen LogP contribution in [-0.4, -0.2) is 28.4 Å². The lowest BCUT2D eigenvalue weighted by Crippen LogP contribution is -2.28. The zero-order valence-electron chi connectivity index (χ0n) is 13.6.